The van der Waals surface area contributed by atoms with Crippen LogP contribution in [0.1, 0.15) is 41.4 Å². The van der Waals surface area contributed by atoms with Gasteiger partial charge in [-0.15, -0.1) is 5.10 Å². The molecular formula is C24H21F2N3O4. The molecule has 1 atom stereocenters. The maximum Gasteiger partial charge on any atom is 0.335 e. The van der Waals surface area contributed by atoms with Gasteiger partial charge in [-0.1, -0.05) is 13.0 Å². The van der Waals surface area contributed by atoms with Crippen molar-refractivity contribution in [2.24, 2.45) is 5.92 Å². The van der Waals surface area contributed by atoms with E-state index in [1.165, 1.54) is 24.3 Å². The molecule has 0 aliphatic carbocycles. The summed E-state index contributed by atoms with van der Waals surface area (Å²) in [6, 6.07) is 14.0. The van der Waals surface area contributed by atoms with E-state index in [0.717, 1.165) is 0 Å². The van der Waals surface area contributed by atoms with E-state index >= 15 is 0 Å². The summed E-state index contributed by atoms with van der Waals surface area (Å²) in [5.74, 6) is 0.0278. The van der Waals surface area contributed by atoms with E-state index in [-0.39, 0.29) is 17.4 Å². The van der Waals surface area contributed by atoms with Gasteiger partial charge in [0.25, 0.3) is 6.43 Å². The molecule has 0 radical (unpaired) electrons. The summed E-state index contributed by atoms with van der Waals surface area (Å²) >= 11 is 0. The first-order chi connectivity index (χ1) is 15.8. The van der Waals surface area contributed by atoms with Gasteiger partial charge in [-0.05, 0) is 54.4 Å². The van der Waals surface area contributed by atoms with Crippen molar-refractivity contribution >= 4 is 11.9 Å². The summed E-state index contributed by atoms with van der Waals surface area (Å²) in [7, 11) is 0. The molecule has 4 rings (SSSR count). The number of hydrogen-bond acceptors (Lipinski definition) is 5. The van der Waals surface area contributed by atoms with Gasteiger partial charge in [-0.3, -0.25) is 4.79 Å². The van der Waals surface area contributed by atoms with Crippen molar-refractivity contribution in [2.45, 2.75) is 26.3 Å². The van der Waals surface area contributed by atoms with E-state index in [1.807, 2.05) is 6.92 Å². The Hall–Kier alpha value is -3.88. The minimum atomic E-state index is -2.68. The van der Waals surface area contributed by atoms with Crippen LogP contribution in [-0.4, -0.2) is 38.6 Å². The number of likely N-dealkylation sites (tertiary alicyclic amines) is 1. The summed E-state index contributed by atoms with van der Waals surface area (Å²) in [5, 5.41) is 16.7. The number of nitrogens with zero attached hydrogens (tertiary/aromatic N) is 3. The number of carbonyl (C=O) groups is 2. The molecule has 0 bridgehead atoms. The molecule has 1 aromatic heterocycles. The van der Waals surface area contributed by atoms with E-state index < -0.39 is 18.1 Å². The van der Waals surface area contributed by atoms with Crippen molar-refractivity contribution < 1.29 is 28.2 Å². The third-order valence-electron chi connectivity index (χ3n) is 5.37. The highest BCUT2D eigenvalue weighted by Crippen LogP contribution is 2.31. The highest BCUT2D eigenvalue weighted by atomic mass is 19.3. The second-order valence-electron chi connectivity index (χ2n) is 7.98. The molecule has 1 amide bonds. The van der Waals surface area contributed by atoms with Crippen LogP contribution in [-0.2, 0) is 11.3 Å². The van der Waals surface area contributed by atoms with E-state index in [1.54, 1.807) is 35.2 Å². The largest absolute Gasteiger partial charge is 0.478 e. The van der Waals surface area contributed by atoms with E-state index in [2.05, 4.69) is 10.2 Å². The van der Waals surface area contributed by atoms with Gasteiger partial charge in [0.15, 0.2) is 0 Å². The van der Waals surface area contributed by atoms with Gasteiger partial charge in [0.2, 0.25) is 5.91 Å². The molecule has 7 nitrogen and oxygen atoms in total. The number of halogens is 2. The van der Waals surface area contributed by atoms with Crippen LogP contribution in [0.15, 0.2) is 54.6 Å². The molecule has 2 aromatic carbocycles. The molecule has 1 N–H and O–H groups in total. The van der Waals surface area contributed by atoms with Gasteiger partial charge >= 0.3 is 5.97 Å². The van der Waals surface area contributed by atoms with Crippen LogP contribution in [0.4, 0.5) is 8.78 Å². The maximum atomic E-state index is 12.7. The van der Waals surface area contributed by atoms with Gasteiger partial charge in [-0.25, -0.2) is 13.6 Å². The van der Waals surface area contributed by atoms with Crippen LogP contribution in [0, 0.1) is 5.92 Å². The Bertz CT molecular complexity index is 1170. The van der Waals surface area contributed by atoms with Gasteiger partial charge in [0.1, 0.15) is 17.2 Å². The monoisotopic (exact) mass is 453 g/mol. The summed E-state index contributed by atoms with van der Waals surface area (Å²) in [5.41, 5.74) is 1.46. The van der Waals surface area contributed by atoms with Crippen LogP contribution in [0.5, 0.6) is 11.5 Å². The molecule has 1 unspecified atom stereocenters. The Morgan fingerprint density at radius 1 is 1.15 bits per heavy atom. The van der Waals surface area contributed by atoms with Gasteiger partial charge in [0.05, 0.1) is 11.3 Å². The minimum absolute atomic E-state index is 0.0547. The fourth-order valence-corrected chi connectivity index (χ4v) is 3.67. The number of alkyl halides is 2. The lowest BCUT2D eigenvalue weighted by Gasteiger charge is -2.19. The fraction of sp³-hybridized carbons (Fsp3) is 0.250. The zero-order valence-corrected chi connectivity index (χ0v) is 17.7. The molecule has 1 aliphatic rings. The quantitative estimate of drug-likeness (QED) is 0.545. The van der Waals surface area contributed by atoms with Crippen molar-refractivity contribution in [3.05, 3.63) is 71.4 Å². The van der Waals surface area contributed by atoms with Crippen molar-refractivity contribution in [2.75, 3.05) is 6.54 Å². The first-order valence-corrected chi connectivity index (χ1v) is 10.3. The SMILES string of the molecule is CC1CC(=O)N(Cc2ccc(C(=O)O)cc2Oc2ccc(-c3ccc(C(F)F)nn3)cc2)C1. The molecule has 33 heavy (non-hydrogen) atoms. The van der Waals surface area contributed by atoms with Crippen LogP contribution in [0.25, 0.3) is 11.3 Å². The smallest absolute Gasteiger partial charge is 0.335 e. The average molecular weight is 453 g/mol. The van der Waals surface area contributed by atoms with Crippen molar-refractivity contribution in [3.63, 3.8) is 0 Å². The zero-order valence-electron chi connectivity index (χ0n) is 17.7. The molecule has 1 saturated heterocycles. The molecule has 170 valence electrons. The lowest BCUT2D eigenvalue weighted by molar-refractivity contribution is -0.128. The van der Waals surface area contributed by atoms with Gasteiger partial charge < -0.3 is 14.7 Å². The van der Waals surface area contributed by atoms with Crippen LogP contribution < -0.4 is 4.74 Å². The van der Waals surface area contributed by atoms with Crippen molar-refractivity contribution in [3.8, 4) is 22.8 Å². The number of aromatic carboxylic acids is 1. The summed E-state index contributed by atoms with van der Waals surface area (Å²) in [6.45, 7) is 2.97. The van der Waals surface area contributed by atoms with Gasteiger partial charge in [-0.2, -0.15) is 5.10 Å². The average Bonchev–Trinajstić information content (AvgIpc) is 3.11. The topological polar surface area (TPSA) is 92.6 Å². The number of rotatable bonds is 7. The number of carboxylic acids is 1. The summed E-state index contributed by atoms with van der Waals surface area (Å²) in [6.07, 6.45) is -2.19. The third kappa shape index (κ3) is 5.14. The number of carboxylic acid groups (broad SMARTS) is 1. The number of benzene rings is 2. The van der Waals surface area contributed by atoms with E-state index in [0.29, 0.717) is 47.8 Å². The first kappa shape index (κ1) is 22.3. The molecule has 3 aromatic rings. The molecule has 1 fully saturated rings. The van der Waals surface area contributed by atoms with Crippen LogP contribution in [0.2, 0.25) is 0 Å². The fourth-order valence-electron chi connectivity index (χ4n) is 3.67. The van der Waals surface area contributed by atoms with Crippen LogP contribution in [0.3, 0.4) is 0 Å². The molecule has 9 heteroatoms. The number of ether oxygens (including phenoxy) is 1. The highest BCUT2D eigenvalue weighted by molar-refractivity contribution is 5.88. The molecule has 0 saturated carbocycles. The van der Waals surface area contributed by atoms with Crippen molar-refractivity contribution in [1.29, 1.82) is 0 Å². The lowest BCUT2D eigenvalue weighted by Crippen LogP contribution is -2.24. The summed E-state index contributed by atoms with van der Waals surface area (Å²) in [4.78, 5) is 25.4. The standard InChI is InChI=1S/C24H21F2N3O4/c1-14-10-22(30)29(12-14)13-17-3-2-16(24(31)32)11-21(17)33-18-6-4-15(5-7-18)19-8-9-20(23(25)26)28-27-19/h2-9,11,14,23H,10,12-13H2,1H3,(H,31,32). The molecular weight excluding hydrogens is 432 g/mol. The molecule has 0 spiro atoms. The first-order valence-electron chi connectivity index (χ1n) is 10.3. The van der Waals surface area contributed by atoms with Crippen LogP contribution >= 0.6 is 0 Å². The van der Waals surface area contributed by atoms with Gasteiger partial charge in [0, 0.05) is 30.6 Å². The number of aromatic nitrogens is 2. The van der Waals surface area contributed by atoms with Crippen molar-refractivity contribution in [1.82, 2.24) is 15.1 Å². The van der Waals surface area contributed by atoms with E-state index in [9.17, 15) is 23.5 Å². The second kappa shape index (κ2) is 9.32. The predicted molar refractivity (Wildman–Crippen MR) is 115 cm³/mol. The Morgan fingerprint density at radius 2 is 1.91 bits per heavy atom. The second-order valence-corrected chi connectivity index (χ2v) is 7.98. The minimum Gasteiger partial charge on any atom is -0.478 e. The Balaban J connectivity index is 1.56. The molecule has 1 aliphatic heterocycles. The normalized spacial score (nSPS) is 15.8. The van der Waals surface area contributed by atoms with E-state index in [4.69, 9.17) is 4.74 Å². The molecule has 2 heterocycles. The predicted octanol–water partition coefficient (Wildman–Crippen LogP) is 4.94. The lowest BCUT2D eigenvalue weighted by atomic mass is 10.1. The third-order valence-corrected chi connectivity index (χ3v) is 5.37. The Labute approximate surface area is 188 Å². The highest BCUT2D eigenvalue weighted by Gasteiger charge is 2.27. The number of carbonyl (C=O) groups excluding carboxylic acids is 1. The zero-order chi connectivity index (χ0) is 23.5. The number of hydrogen-bond donors (Lipinski definition) is 1. The Kier molecular flexibility index (Phi) is 6.30. The summed E-state index contributed by atoms with van der Waals surface area (Å²) < 4.78 is 31.3. The maximum absolute atomic E-state index is 12.7. The number of amides is 1. The Morgan fingerprint density at radius 3 is 2.48 bits per heavy atom.